The Morgan fingerprint density at radius 3 is 1.56 bits per heavy atom. The lowest BCUT2D eigenvalue weighted by Crippen LogP contribution is -2.61. The fourth-order valence-corrected chi connectivity index (χ4v) is 15.4. The summed E-state index contributed by atoms with van der Waals surface area (Å²) in [6.45, 7) is 36.4. The molecule has 0 bridgehead atoms. The van der Waals surface area contributed by atoms with Crippen molar-refractivity contribution in [1.29, 1.82) is 0 Å². The second-order valence-electron chi connectivity index (χ2n) is 30.2. The Morgan fingerprint density at radius 2 is 0.938 bits per heavy atom. The van der Waals surface area contributed by atoms with Crippen molar-refractivity contribution in [3.63, 3.8) is 0 Å². The fraction of sp³-hybridized carbons (Fsp3) is 0.368. The van der Waals surface area contributed by atoms with Crippen LogP contribution in [0.3, 0.4) is 0 Å². The summed E-state index contributed by atoms with van der Waals surface area (Å²) in [7, 11) is 0. The fourth-order valence-electron chi connectivity index (χ4n) is 15.4. The Labute approximate surface area is 483 Å². The first kappa shape index (κ1) is 52.1. The minimum Gasteiger partial charge on any atom is -0.468 e. The van der Waals surface area contributed by atoms with Crippen LogP contribution in [0.25, 0.3) is 21.7 Å². The van der Waals surface area contributed by atoms with Crippen molar-refractivity contribution in [2.24, 2.45) is 0 Å². The van der Waals surface area contributed by atoms with Crippen molar-refractivity contribution in [3.8, 4) is 0 Å². The number of rotatable bonds is 5. The summed E-state index contributed by atoms with van der Waals surface area (Å²) in [4.78, 5) is 7.83. The van der Waals surface area contributed by atoms with Crippen molar-refractivity contribution in [2.75, 3.05) is 14.7 Å². The van der Waals surface area contributed by atoms with Gasteiger partial charge < -0.3 is 19.1 Å². The van der Waals surface area contributed by atoms with Gasteiger partial charge in [0.1, 0.15) is 5.58 Å². The van der Waals surface area contributed by atoms with Gasteiger partial charge in [0, 0.05) is 45.2 Å². The molecule has 81 heavy (non-hydrogen) atoms. The number of anilines is 9. The number of hydrogen-bond acceptors (Lipinski definition) is 4. The summed E-state index contributed by atoms with van der Waals surface area (Å²) in [5.41, 5.74) is 25.1. The van der Waals surface area contributed by atoms with Crippen LogP contribution in [0.1, 0.15) is 181 Å². The highest BCUT2D eigenvalue weighted by Gasteiger charge is 2.51. The lowest BCUT2D eigenvalue weighted by atomic mass is 9.35. The molecule has 410 valence electrons. The van der Waals surface area contributed by atoms with Crippen LogP contribution in [0, 0.1) is 0 Å². The molecular formula is C76H82BN3O. The average molecular weight is 1060 g/mol. The average Bonchev–Trinajstić information content (AvgIpc) is 2.20. The van der Waals surface area contributed by atoms with Crippen molar-refractivity contribution in [1.82, 2.24) is 0 Å². The number of benzene rings is 8. The number of hydrogen-bond donors (Lipinski definition) is 0. The summed E-state index contributed by atoms with van der Waals surface area (Å²) >= 11 is 0. The SMILES string of the molecule is CC(C)(C)c1ccc(N2c3cc(N(c4ccccc4)c4ccc5ccccc5c4)cc4c3B(c3cc5c(cc3N4c3ccc4c(c3)C(C)(C)CCC4(C)C)C(C)(C)CCC5(C)C)c3oc4cc5c(cc4c32)C(C)(C)CCC5(C)C)cc1. The van der Waals surface area contributed by atoms with E-state index in [-0.39, 0.29) is 44.6 Å². The van der Waals surface area contributed by atoms with Gasteiger partial charge in [0.2, 0.25) is 0 Å². The zero-order valence-corrected chi connectivity index (χ0v) is 51.0. The molecule has 1 aromatic heterocycles. The van der Waals surface area contributed by atoms with Crippen LogP contribution < -0.4 is 31.3 Å². The molecule has 0 fully saturated rings. The van der Waals surface area contributed by atoms with Crippen LogP contribution in [0.15, 0.2) is 156 Å². The van der Waals surface area contributed by atoms with Crippen LogP contribution >= 0.6 is 0 Å². The quantitative estimate of drug-likeness (QED) is 0.160. The van der Waals surface area contributed by atoms with E-state index in [0.717, 1.165) is 71.8 Å². The Morgan fingerprint density at radius 1 is 0.420 bits per heavy atom. The highest BCUT2D eigenvalue weighted by molar-refractivity contribution is 7.00. The molecule has 8 aromatic carbocycles. The van der Waals surface area contributed by atoms with Crippen LogP contribution in [-0.4, -0.2) is 6.71 Å². The molecule has 3 heterocycles. The first-order valence-corrected chi connectivity index (χ1v) is 30.4. The molecule has 4 nitrogen and oxygen atoms in total. The van der Waals surface area contributed by atoms with E-state index in [1.54, 1.807) is 0 Å². The predicted molar refractivity (Wildman–Crippen MR) is 347 cm³/mol. The maximum absolute atomic E-state index is 7.84. The summed E-state index contributed by atoms with van der Waals surface area (Å²) in [5.74, 6) is 0. The number of fused-ring (bicyclic) bond motifs is 10. The van der Waals surface area contributed by atoms with E-state index in [0.29, 0.717) is 0 Å². The van der Waals surface area contributed by atoms with Gasteiger partial charge in [-0.1, -0.05) is 177 Å². The normalized spacial score (nSPS) is 19.3. The Balaban J connectivity index is 1.16. The van der Waals surface area contributed by atoms with Gasteiger partial charge in [0.25, 0.3) is 6.71 Å². The van der Waals surface area contributed by atoms with Crippen LogP contribution in [0.5, 0.6) is 0 Å². The molecule has 0 N–H and O–H groups in total. The lowest BCUT2D eigenvalue weighted by molar-refractivity contribution is 0.332. The van der Waals surface area contributed by atoms with Gasteiger partial charge in [-0.15, -0.1) is 0 Å². The van der Waals surface area contributed by atoms with E-state index < -0.39 is 0 Å². The second kappa shape index (κ2) is 17.3. The Bertz CT molecular complexity index is 4070. The Kier molecular flexibility index (Phi) is 11.1. The predicted octanol–water partition coefficient (Wildman–Crippen LogP) is 19.5. The molecule has 0 saturated carbocycles. The molecule has 0 atom stereocenters. The Hall–Kier alpha value is -6.98. The topological polar surface area (TPSA) is 22.9 Å². The van der Waals surface area contributed by atoms with E-state index in [1.807, 2.05) is 0 Å². The molecule has 5 heteroatoms. The molecule has 9 aromatic rings. The first-order chi connectivity index (χ1) is 38.2. The van der Waals surface area contributed by atoms with E-state index >= 15 is 0 Å². The maximum Gasteiger partial charge on any atom is 0.297 e. The number of nitrogens with zero attached hydrogens (tertiary/aromatic N) is 3. The van der Waals surface area contributed by atoms with E-state index in [2.05, 4.69) is 270 Å². The first-order valence-electron chi connectivity index (χ1n) is 30.4. The van der Waals surface area contributed by atoms with Gasteiger partial charge in [-0.3, -0.25) is 0 Å². The van der Waals surface area contributed by atoms with Gasteiger partial charge in [-0.25, -0.2) is 0 Å². The second-order valence-corrected chi connectivity index (χ2v) is 30.2. The van der Waals surface area contributed by atoms with Gasteiger partial charge >= 0.3 is 0 Å². The van der Waals surface area contributed by atoms with E-state index in [9.17, 15) is 0 Å². The summed E-state index contributed by atoms with van der Waals surface area (Å²) < 4.78 is 7.84. The lowest BCUT2D eigenvalue weighted by Gasteiger charge is -2.47. The molecule has 0 spiro atoms. The third-order valence-electron chi connectivity index (χ3n) is 20.9. The summed E-state index contributed by atoms with van der Waals surface area (Å²) in [5, 5.41) is 3.63. The van der Waals surface area contributed by atoms with Gasteiger partial charge in [0.05, 0.1) is 17.0 Å². The third kappa shape index (κ3) is 7.97. The monoisotopic (exact) mass is 1060 g/mol. The van der Waals surface area contributed by atoms with Gasteiger partial charge in [0.15, 0.2) is 0 Å². The minimum absolute atomic E-state index is 0.000613. The minimum atomic E-state index is -0.203. The van der Waals surface area contributed by atoms with Gasteiger partial charge in [-0.05, 0) is 216 Å². The molecule has 5 aliphatic rings. The van der Waals surface area contributed by atoms with Crippen LogP contribution in [0.2, 0.25) is 0 Å². The van der Waals surface area contributed by atoms with Crippen molar-refractivity contribution in [3.05, 3.63) is 191 Å². The molecule has 3 aliphatic carbocycles. The highest BCUT2D eigenvalue weighted by atomic mass is 16.3. The number of para-hydroxylation sites is 1. The maximum atomic E-state index is 7.84. The molecular weight excluding hydrogens is 982 g/mol. The van der Waals surface area contributed by atoms with Crippen LogP contribution in [0.4, 0.5) is 51.2 Å². The summed E-state index contributed by atoms with van der Waals surface area (Å²) in [6, 6.07) is 59.3. The standard InChI is InChI=1S/C76H82BN3O/c1-70(2,3)49-26-29-51(30-27-49)80-65-42-54(78(50-23-17-16-18-24-50)52-28-25-47-21-19-20-22-48(47)39-52)41-64-67(65)77(69-68(80)55-43-58-61(46-66(55)81-69)76(14,15)38-35-73(58,8)9)62-44-59-60(75(12,13)37-36-74(59,10)11)45-63(62)79(64)53-31-32-56-57(40-53)72(6,7)34-33-71(56,4)5/h16-32,39-46H,33-38H2,1-15H3. The molecule has 0 amide bonds. The zero-order chi connectivity index (χ0) is 56.7. The highest BCUT2D eigenvalue weighted by Crippen LogP contribution is 2.56. The smallest absolute Gasteiger partial charge is 0.297 e. The van der Waals surface area contributed by atoms with Crippen molar-refractivity contribution in [2.45, 2.75) is 180 Å². The molecule has 2 aliphatic heterocycles. The van der Waals surface area contributed by atoms with Crippen molar-refractivity contribution < 1.29 is 4.42 Å². The largest absolute Gasteiger partial charge is 0.468 e. The number of furan rings is 1. The van der Waals surface area contributed by atoms with Crippen molar-refractivity contribution >= 4 is 96.2 Å². The van der Waals surface area contributed by atoms with Gasteiger partial charge in [-0.2, -0.15) is 0 Å². The van der Waals surface area contributed by atoms with E-state index in [4.69, 9.17) is 4.42 Å². The van der Waals surface area contributed by atoms with Crippen LogP contribution in [-0.2, 0) is 37.9 Å². The molecule has 0 radical (unpaired) electrons. The zero-order valence-electron chi connectivity index (χ0n) is 51.0. The van der Waals surface area contributed by atoms with E-state index in [1.165, 1.54) is 95.2 Å². The third-order valence-corrected chi connectivity index (χ3v) is 20.9. The molecule has 14 rings (SSSR count). The molecule has 0 unspecified atom stereocenters. The summed E-state index contributed by atoms with van der Waals surface area (Å²) in [6.07, 6.45) is 6.85. The molecule has 0 saturated heterocycles.